The monoisotopic (exact) mass is 343 g/mol. The normalized spacial score (nSPS) is 11.5. The van der Waals surface area contributed by atoms with Gasteiger partial charge in [-0.2, -0.15) is 0 Å². The van der Waals surface area contributed by atoms with Crippen LogP contribution in [0.3, 0.4) is 0 Å². The van der Waals surface area contributed by atoms with Gasteiger partial charge in [0.2, 0.25) is 5.91 Å². The van der Waals surface area contributed by atoms with Crippen LogP contribution >= 0.6 is 23.7 Å². The van der Waals surface area contributed by atoms with Crippen LogP contribution in [0.25, 0.3) is 11.3 Å². The van der Waals surface area contributed by atoms with Crippen molar-refractivity contribution in [2.24, 2.45) is 11.5 Å². The van der Waals surface area contributed by atoms with Gasteiger partial charge in [0.1, 0.15) is 5.69 Å². The third-order valence-corrected chi connectivity index (χ3v) is 3.58. The number of anilines is 1. The molecule has 0 fully saturated rings. The number of nitrogens with two attached hydrogens (primary N) is 2. The van der Waals surface area contributed by atoms with Gasteiger partial charge in [0.15, 0.2) is 5.13 Å². The first-order valence-corrected chi connectivity index (χ1v) is 7.33. The molecular formula is C13H18ClN5O2S. The Kier molecular flexibility index (Phi) is 6.54. The standard InChI is InChI=1S/C13H17N5O2S.ClH/c1-7(14)2-3-11(19)18-13-17-10(6-21-13)8-4-9(12(15)20)16-5-8;/h4-7,16H,2-3,14H2,1H3,(H2,15,20)(H,17,18,19);1H. The van der Waals surface area contributed by atoms with Crippen molar-refractivity contribution >= 4 is 40.7 Å². The zero-order chi connectivity index (χ0) is 15.4. The number of hydrogen-bond acceptors (Lipinski definition) is 5. The number of carbonyl (C=O) groups is 2. The molecule has 0 aliphatic rings. The number of carbonyl (C=O) groups excluding carboxylic acids is 2. The summed E-state index contributed by atoms with van der Waals surface area (Å²) in [4.78, 5) is 29.8. The second-order valence-corrected chi connectivity index (χ2v) is 5.63. The molecule has 2 aromatic rings. The SMILES string of the molecule is CC(N)CCC(=O)Nc1nc(-c2c[nH]c(C(N)=O)c2)cs1.Cl. The van der Waals surface area contributed by atoms with E-state index in [1.54, 1.807) is 17.6 Å². The van der Waals surface area contributed by atoms with Crippen molar-refractivity contribution in [3.8, 4) is 11.3 Å². The van der Waals surface area contributed by atoms with Crippen LogP contribution in [0.1, 0.15) is 30.3 Å². The molecule has 7 nitrogen and oxygen atoms in total. The Morgan fingerprint density at radius 2 is 2.23 bits per heavy atom. The lowest BCUT2D eigenvalue weighted by atomic mass is 10.2. The van der Waals surface area contributed by atoms with Crippen molar-refractivity contribution in [2.75, 3.05) is 5.32 Å². The van der Waals surface area contributed by atoms with E-state index in [1.807, 2.05) is 6.92 Å². The number of hydrogen-bond donors (Lipinski definition) is 4. The first-order chi connectivity index (χ1) is 9.95. The maximum atomic E-state index is 11.7. The summed E-state index contributed by atoms with van der Waals surface area (Å²) in [5, 5.41) is 5.04. The van der Waals surface area contributed by atoms with Crippen LogP contribution in [0.2, 0.25) is 0 Å². The smallest absolute Gasteiger partial charge is 0.265 e. The number of thiazole rings is 1. The fourth-order valence-corrected chi connectivity index (χ4v) is 2.42. The molecule has 1 atom stereocenters. The Bertz CT molecular complexity index is 652. The summed E-state index contributed by atoms with van der Waals surface area (Å²) >= 11 is 1.32. The Morgan fingerprint density at radius 1 is 1.50 bits per heavy atom. The van der Waals surface area contributed by atoms with E-state index in [1.165, 1.54) is 11.3 Å². The van der Waals surface area contributed by atoms with Crippen LogP contribution in [0, 0.1) is 0 Å². The van der Waals surface area contributed by atoms with Crippen molar-refractivity contribution in [1.82, 2.24) is 9.97 Å². The molecule has 0 bridgehead atoms. The summed E-state index contributed by atoms with van der Waals surface area (Å²) in [6.45, 7) is 1.86. The minimum atomic E-state index is -0.527. The van der Waals surface area contributed by atoms with Gasteiger partial charge in [0.05, 0.1) is 5.69 Å². The van der Waals surface area contributed by atoms with Crippen molar-refractivity contribution in [3.63, 3.8) is 0 Å². The lowest BCUT2D eigenvalue weighted by Gasteiger charge is -2.04. The summed E-state index contributed by atoms with van der Waals surface area (Å²) in [6, 6.07) is 1.62. The molecule has 0 aliphatic carbocycles. The van der Waals surface area contributed by atoms with Gasteiger partial charge in [-0.1, -0.05) is 0 Å². The third kappa shape index (κ3) is 4.83. The van der Waals surface area contributed by atoms with Gasteiger partial charge >= 0.3 is 0 Å². The quantitative estimate of drug-likeness (QED) is 0.636. The van der Waals surface area contributed by atoms with E-state index in [0.29, 0.717) is 29.4 Å². The van der Waals surface area contributed by atoms with Gasteiger partial charge in [-0.3, -0.25) is 9.59 Å². The number of H-pyrrole nitrogens is 1. The summed E-state index contributed by atoms with van der Waals surface area (Å²) in [5.41, 5.74) is 12.5. The van der Waals surface area contributed by atoms with Crippen LogP contribution in [-0.4, -0.2) is 27.8 Å². The van der Waals surface area contributed by atoms with Gasteiger partial charge in [0.25, 0.3) is 5.91 Å². The summed E-state index contributed by atoms with van der Waals surface area (Å²) in [6.07, 6.45) is 2.64. The van der Waals surface area contributed by atoms with Gasteiger partial charge in [-0.25, -0.2) is 4.98 Å². The second kappa shape index (κ2) is 7.92. The highest BCUT2D eigenvalue weighted by Gasteiger charge is 2.11. The van der Waals surface area contributed by atoms with Crippen LogP contribution in [0.15, 0.2) is 17.6 Å². The molecule has 120 valence electrons. The number of nitrogens with zero attached hydrogens (tertiary/aromatic N) is 1. The van der Waals surface area contributed by atoms with Crippen LogP contribution < -0.4 is 16.8 Å². The molecule has 2 aromatic heterocycles. The fourth-order valence-electron chi connectivity index (χ4n) is 1.69. The van der Waals surface area contributed by atoms with Gasteiger partial charge in [0, 0.05) is 29.6 Å². The number of aromatic amines is 1. The molecule has 6 N–H and O–H groups in total. The minimum absolute atomic E-state index is 0. The van der Waals surface area contributed by atoms with Crippen molar-refractivity contribution in [1.29, 1.82) is 0 Å². The van der Waals surface area contributed by atoms with E-state index in [-0.39, 0.29) is 24.4 Å². The summed E-state index contributed by atoms with van der Waals surface area (Å²) < 4.78 is 0. The Labute approximate surface area is 137 Å². The van der Waals surface area contributed by atoms with Crippen LogP contribution in [0.4, 0.5) is 5.13 Å². The molecular weight excluding hydrogens is 326 g/mol. The lowest BCUT2D eigenvalue weighted by Crippen LogP contribution is -2.19. The van der Waals surface area contributed by atoms with Crippen molar-refractivity contribution < 1.29 is 9.59 Å². The number of rotatable bonds is 6. The average Bonchev–Trinajstić information content (AvgIpc) is 3.04. The van der Waals surface area contributed by atoms with E-state index in [9.17, 15) is 9.59 Å². The van der Waals surface area contributed by atoms with E-state index < -0.39 is 5.91 Å². The number of amides is 2. The molecule has 0 spiro atoms. The zero-order valence-corrected chi connectivity index (χ0v) is 13.6. The minimum Gasteiger partial charge on any atom is -0.364 e. The fraction of sp³-hybridized carbons (Fsp3) is 0.308. The first kappa shape index (κ1) is 18.1. The molecule has 2 amide bonds. The molecule has 0 saturated carbocycles. The highest BCUT2D eigenvalue weighted by Crippen LogP contribution is 2.25. The molecule has 0 saturated heterocycles. The maximum absolute atomic E-state index is 11.7. The first-order valence-electron chi connectivity index (χ1n) is 6.45. The Balaban J connectivity index is 0.00000242. The Morgan fingerprint density at radius 3 is 2.82 bits per heavy atom. The highest BCUT2D eigenvalue weighted by molar-refractivity contribution is 7.14. The molecule has 2 rings (SSSR count). The number of aromatic nitrogens is 2. The average molecular weight is 344 g/mol. The van der Waals surface area contributed by atoms with E-state index >= 15 is 0 Å². The predicted octanol–water partition coefficient (Wildman–Crippen LogP) is 1.72. The van der Waals surface area contributed by atoms with Crippen LogP contribution in [0.5, 0.6) is 0 Å². The maximum Gasteiger partial charge on any atom is 0.265 e. The second-order valence-electron chi connectivity index (χ2n) is 4.77. The number of nitrogens with one attached hydrogen (secondary N) is 2. The third-order valence-electron chi connectivity index (χ3n) is 2.82. The Hall–Kier alpha value is -1.90. The highest BCUT2D eigenvalue weighted by atomic mass is 35.5. The van der Waals surface area contributed by atoms with E-state index in [2.05, 4.69) is 15.3 Å². The predicted molar refractivity (Wildman–Crippen MR) is 89.2 cm³/mol. The number of primary amides is 1. The van der Waals surface area contributed by atoms with Gasteiger partial charge < -0.3 is 21.8 Å². The molecule has 22 heavy (non-hydrogen) atoms. The topological polar surface area (TPSA) is 127 Å². The summed E-state index contributed by atoms with van der Waals surface area (Å²) in [5.74, 6) is -0.638. The molecule has 9 heteroatoms. The molecule has 0 aromatic carbocycles. The molecule has 0 aliphatic heterocycles. The largest absolute Gasteiger partial charge is 0.364 e. The van der Waals surface area contributed by atoms with E-state index in [4.69, 9.17) is 11.5 Å². The van der Waals surface area contributed by atoms with Gasteiger partial charge in [-0.05, 0) is 19.4 Å². The molecule has 2 heterocycles. The lowest BCUT2D eigenvalue weighted by molar-refractivity contribution is -0.116. The van der Waals surface area contributed by atoms with Crippen LogP contribution in [-0.2, 0) is 4.79 Å². The van der Waals surface area contributed by atoms with E-state index in [0.717, 1.165) is 5.56 Å². The number of halogens is 1. The zero-order valence-electron chi connectivity index (χ0n) is 12.0. The molecule has 0 radical (unpaired) electrons. The van der Waals surface area contributed by atoms with Gasteiger partial charge in [-0.15, -0.1) is 23.7 Å². The summed E-state index contributed by atoms with van der Waals surface area (Å²) in [7, 11) is 0. The van der Waals surface area contributed by atoms with Crippen molar-refractivity contribution in [2.45, 2.75) is 25.8 Å². The van der Waals surface area contributed by atoms with Crippen molar-refractivity contribution in [3.05, 3.63) is 23.3 Å². The molecule has 1 unspecified atom stereocenters.